The molecule has 0 bridgehead atoms. The molecule has 1 saturated heterocycles. The van der Waals surface area contributed by atoms with Crippen LogP contribution in [-0.4, -0.2) is 34.1 Å². The number of hydrogen-bond acceptors (Lipinski definition) is 5. The Hall–Kier alpha value is -2.70. The Kier molecular flexibility index (Phi) is 8.42. The summed E-state index contributed by atoms with van der Waals surface area (Å²) in [5.74, 6) is -0.566. The zero-order valence-electron chi connectivity index (χ0n) is 18.8. The number of hydrogen-bond donors (Lipinski definition) is 2. The van der Waals surface area contributed by atoms with Crippen molar-refractivity contribution < 1.29 is 24.5 Å². The van der Waals surface area contributed by atoms with E-state index in [0.717, 1.165) is 18.4 Å². The molecule has 0 spiro atoms. The van der Waals surface area contributed by atoms with Gasteiger partial charge in [-0.25, -0.2) is 0 Å². The van der Waals surface area contributed by atoms with Crippen molar-refractivity contribution in [3.8, 4) is 5.75 Å². The van der Waals surface area contributed by atoms with Crippen LogP contribution in [0.3, 0.4) is 0 Å². The SMILES string of the molecule is CC(C)(CCc1cccnc1)[C@H]1OC[C@@H](C/C=C\CCC(=O)O)[C@@H](c2ccccc2O)O1. The summed E-state index contributed by atoms with van der Waals surface area (Å²) in [6.45, 7) is 4.79. The molecule has 1 aliphatic rings. The van der Waals surface area contributed by atoms with Gasteiger partial charge in [0.25, 0.3) is 0 Å². The average molecular weight is 440 g/mol. The Morgan fingerprint density at radius 2 is 2.03 bits per heavy atom. The highest BCUT2D eigenvalue weighted by molar-refractivity contribution is 5.66. The zero-order valence-corrected chi connectivity index (χ0v) is 18.8. The molecule has 1 aliphatic heterocycles. The van der Waals surface area contributed by atoms with E-state index in [1.165, 1.54) is 5.56 Å². The van der Waals surface area contributed by atoms with Gasteiger partial charge >= 0.3 is 5.97 Å². The van der Waals surface area contributed by atoms with E-state index in [1.54, 1.807) is 18.3 Å². The number of aromatic nitrogens is 1. The van der Waals surface area contributed by atoms with Crippen LogP contribution in [0.4, 0.5) is 0 Å². The first kappa shape index (κ1) is 24.0. The Balaban J connectivity index is 1.70. The fraction of sp³-hybridized carbons (Fsp3) is 0.462. The van der Waals surface area contributed by atoms with Crippen molar-refractivity contribution in [2.24, 2.45) is 11.3 Å². The minimum atomic E-state index is -0.803. The lowest BCUT2D eigenvalue weighted by molar-refractivity contribution is -0.279. The van der Waals surface area contributed by atoms with Crippen LogP contribution in [0.25, 0.3) is 0 Å². The van der Waals surface area contributed by atoms with Gasteiger partial charge in [0.1, 0.15) is 5.75 Å². The van der Waals surface area contributed by atoms with Crippen LogP contribution < -0.4 is 0 Å². The monoisotopic (exact) mass is 439 g/mol. The highest BCUT2D eigenvalue weighted by Crippen LogP contribution is 2.43. The summed E-state index contributed by atoms with van der Waals surface area (Å²) < 4.78 is 12.7. The number of carboxylic acids is 1. The summed E-state index contributed by atoms with van der Waals surface area (Å²) in [7, 11) is 0. The number of ether oxygens (including phenoxy) is 2. The van der Waals surface area contributed by atoms with Crippen LogP contribution in [0.15, 0.2) is 60.9 Å². The number of carbonyl (C=O) groups is 1. The summed E-state index contributed by atoms with van der Waals surface area (Å²) in [4.78, 5) is 14.9. The molecule has 6 nitrogen and oxygen atoms in total. The number of rotatable bonds is 10. The number of pyridine rings is 1. The number of para-hydroxylation sites is 1. The third-order valence-electron chi connectivity index (χ3n) is 5.95. The molecule has 0 radical (unpaired) electrons. The summed E-state index contributed by atoms with van der Waals surface area (Å²) >= 11 is 0. The van der Waals surface area contributed by atoms with E-state index in [0.29, 0.717) is 19.4 Å². The first-order valence-electron chi connectivity index (χ1n) is 11.2. The van der Waals surface area contributed by atoms with Crippen LogP contribution in [0, 0.1) is 11.3 Å². The number of aromatic hydroxyl groups is 1. The standard InChI is InChI=1S/C26H33NO5/c1-26(2,15-14-19-9-8-16-27-17-19)25-31-18-20(10-4-3-5-13-23(29)30)24(32-25)21-11-6-7-12-22(21)28/h3-4,6-9,11-12,16-17,20,24-25,28H,5,10,13-15,18H2,1-2H3,(H,29,30)/b4-3-/t20-,24+,25+/m1/s1. The largest absolute Gasteiger partial charge is 0.508 e. The zero-order chi connectivity index (χ0) is 23.0. The van der Waals surface area contributed by atoms with E-state index in [9.17, 15) is 9.90 Å². The lowest BCUT2D eigenvalue weighted by Crippen LogP contribution is -2.43. The van der Waals surface area contributed by atoms with Crippen molar-refractivity contribution in [1.29, 1.82) is 0 Å². The second kappa shape index (κ2) is 11.2. The summed E-state index contributed by atoms with van der Waals surface area (Å²) in [5, 5.41) is 19.3. The van der Waals surface area contributed by atoms with Crippen molar-refractivity contribution in [2.75, 3.05) is 6.61 Å². The van der Waals surface area contributed by atoms with Crippen LogP contribution in [0.5, 0.6) is 5.75 Å². The average Bonchev–Trinajstić information content (AvgIpc) is 2.78. The van der Waals surface area contributed by atoms with Crippen LogP contribution >= 0.6 is 0 Å². The molecule has 3 rings (SSSR count). The van der Waals surface area contributed by atoms with E-state index < -0.39 is 12.3 Å². The minimum absolute atomic E-state index is 0.0229. The molecule has 0 amide bonds. The van der Waals surface area contributed by atoms with Crippen molar-refractivity contribution >= 4 is 5.97 Å². The van der Waals surface area contributed by atoms with Gasteiger partial charge in [-0.3, -0.25) is 9.78 Å². The van der Waals surface area contributed by atoms with E-state index in [2.05, 4.69) is 24.9 Å². The molecule has 32 heavy (non-hydrogen) atoms. The van der Waals surface area contributed by atoms with Gasteiger partial charge in [0.2, 0.25) is 0 Å². The maximum Gasteiger partial charge on any atom is 0.303 e. The third-order valence-corrected chi connectivity index (χ3v) is 5.95. The molecule has 0 aliphatic carbocycles. The molecule has 6 heteroatoms. The number of benzene rings is 1. The number of carboxylic acid groups (broad SMARTS) is 1. The summed E-state index contributed by atoms with van der Waals surface area (Å²) in [5.41, 5.74) is 1.70. The lowest BCUT2D eigenvalue weighted by Gasteiger charge is -2.43. The molecular formula is C26H33NO5. The van der Waals surface area contributed by atoms with Gasteiger partial charge in [0, 0.05) is 35.7 Å². The Morgan fingerprint density at radius 1 is 1.22 bits per heavy atom. The summed E-state index contributed by atoms with van der Waals surface area (Å²) in [6.07, 6.45) is 9.86. The predicted molar refractivity (Wildman–Crippen MR) is 122 cm³/mol. The van der Waals surface area contributed by atoms with Crippen LogP contribution in [0.2, 0.25) is 0 Å². The van der Waals surface area contributed by atoms with E-state index in [1.807, 2.05) is 36.5 Å². The molecule has 1 aromatic heterocycles. The van der Waals surface area contributed by atoms with Gasteiger partial charge in [-0.2, -0.15) is 0 Å². The maximum atomic E-state index is 10.7. The van der Waals surface area contributed by atoms with Crippen molar-refractivity contribution in [2.45, 2.75) is 58.3 Å². The normalized spacial score (nSPS) is 21.6. The quantitative estimate of drug-likeness (QED) is 0.489. The molecule has 2 N–H and O–H groups in total. The van der Waals surface area contributed by atoms with Gasteiger partial charge in [-0.15, -0.1) is 0 Å². The molecule has 0 saturated carbocycles. The molecule has 1 fully saturated rings. The minimum Gasteiger partial charge on any atom is -0.508 e. The van der Waals surface area contributed by atoms with E-state index in [4.69, 9.17) is 14.6 Å². The Morgan fingerprint density at radius 3 is 2.75 bits per heavy atom. The lowest BCUT2D eigenvalue weighted by atomic mass is 9.83. The number of phenols is 1. The number of allylic oxidation sites excluding steroid dienone is 2. The van der Waals surface area contributed by atoms with Crippen LogP contribution in [-0.2, 0) is 20.7 Å². The van der Waals surface area contributed by atoms with Gasteiger partial charge in [-0.1, -0.05) is 50.3 Å². The van der Waals surface area contributed by atoms with Gasteiger partial charge in [0.05, 0.1) is 12.7 Å². The number of phenolic OH excluding ortho intramolecular Hbond substituents is 1. The fourth-order valence-corrected chi connectivity index (χ4v) is 3.96. The smallest absolute Gasteiger partial charge is 0.303 e. The molecule has 172 valence electrons. The van der Waals surface area contributed by atoms with Crippen molar-refractivity contribution in [3.05, 3.63) is 72.1 Å². The molecule has 2 aromatic rings. The Bertz CT molecular complexity index is 896. The highest BCUT2D eigenvalue weighted by Gasteiger charge is 2.40. The van der Waals surface area contributed by atoms with Gasteiger partial charge < -0.3 is 19.7 Å². The van der Waals surface area contributed by atoms with Gasteiger partial charge in [0.15, 0.2) is 6.29 Å². The van der Waals surface area contributed by atoms with Gasteiger partial charge in [-0.05, 0) is 43.4 Å². The topological polar surface area (TPSA) is 88.9 Å². The number of nitrogens with zero attached hydrogens (tertiary/aromatic N) is 1. The second-order valence-electron chi connectivity index (χ2n) is 9.03. The second-order valence-corrected chi connectivity index (χ2v) is 9.03. The maximum absolute atomic E-state index is 10.7. The number of aryl methyl sites for hydroxylation is 1. The molecule has 3 atom stereocenters. The molecule has 0 unspecified atom stereocenters. The highest BCUT2D eigenvalue weighted by atomic mass is 16.7. The van der Waals surface area contributed by atoms with E-state index in [-0.39, 0.29) is 29.6 Å². The Labute approximate surface area is 189 Å². The first-order valence-corrected chi connectivity index (χ1v) is 11.2. The van der Waals surface area contributed by atoms with Crippen LogP contribution in [0.1, 0.15) is 56.8 Å². The summed E-state index contributed by atoms with van der Waals surface area (Å²) in [6, 6.07) is 11.3. The first-order chi connectivity index (χ1) is 15.4. The van der Waals surface area contributed by atoms with Crippen molar-refractivity contribution in [3.63, 3.8) is 0 Å². The molecular weight excluding hydrogens is 406 g/mol. The van der Waals surface area contributed by atoms with E-state index >= 15 is 0 Å². The fourth-order valence-electron chi connectivity index (χ4n) is 3.96. The van der Waals surface area contributed by atoms with Crippen molar-refractivity contribution in [1.82, 2.24) is 4.98 Å². The molecule has 1 aromatic carbocycles. The number of aliphatic carboxylic acids is 1. The third kappa shape index (κ3) is 6.65. The molecule has 2 heterocycles. The predicted octanol–water partition coefficient (Wildman–Crippen LogP) is 5.29.